The van der Waals surface area contributed by atoms with Gasteiger partial charge in [0.25, 0.3) is 0 Å². The van der Waals surface area contributed by atoms with Gasteiger partial charge in [-0.2, -0.15) is 0 Å². The lowest BCUT2D eigenvalue weighted by molar-refractivity contribution is -0.148. The van der Waals surface area contributed by atoms with E-state index in [1.54, 1.807) is 0 Å². The van der Waals surface area contributed by atoms with Crippen molar-refractivity contribution in [3.63, 3.8) is 0 Å². The normalized spacial score (nSPS) is 19.2. The second kappa shape index (κ2) is 11.6. The van der Waals surface area contributed by atoms with Crippen LogP contribution in [-0.2, 0) is 14.3 Å². The number of cyclic esters (lactones) is 1. The number of ether oxygens (including phenoxy) is 2. The van der Waals surface area contributed by atoms with Crippen molar-refractivity contribution < 1.29 is 29.6 Å². The van der Waals surface area contributed by atoms with Crippen LogP contribution in [0.5, 0.6) is 0 Å². The van der Waals surface area contributed by atoms with Gasteiger partial charge >= 0.3 is 5.97 Å². The molecule has 1 rings (SSSR count). The third-order valence-corrected chi connectivity index (χ3v) is 4.25. The lowest BCUT2D eigenvalue weighted by Gasteiger charge is -2.17. The number of aliphatic hydroxyl groups excluding tert-OH is 3. The van der Waals surface area contributed by atoms with Crippen LogP contribution < -0.4 is 0 Å². The van der Waals surface area contributed by atoms with Crippen molar-refractivity contribution in [2.24, 2.45) is 0 Å². The van der Waals surface area contributed by atoms with Crippen molar-refractivity contribution in [2.75, 3.05) is 13.2 Å². The van der Waals surface area contributed by atoms with Crippen molar-refractivity contribution in [3.8, 4) is 0 Å². The molecule has 0 unspecified atom stereocenters. The molecule has 0 radical (unpaired) electrons. The van der Waals surface area contributed by atoms with Crippen LogP contribution in [0.2, 0.25) is 0 Å². The van der Waals surface area contributed by atoms with Crippen LogP contribution in [0.3, 0.4) is 0 Å². The van der Waals surface area contributed by atoms with E-state index in [9.17, 15) is 15.0 Å². The van der Waals surface area contributed by atoms with Crippen LogP contribution in [0.15, 0.2) is 46.5 Å². The third kappa shape index (κ3) is 8.01. The van der Waals surface area contributed by atoms with Gasteiger partial charge in [-0.05, 0) is 59.5 Å². The van der Waals surface area contributed by atoms with Gasteiger partial charge in [-0.1, -0.05) is 28.9 Å². The summed E-state index contributed by atoms with van der Waals surface area (Å²) in [5.41, 5.74) is 3.83. The molecule has 1 aliphatic rings. The van der Waals surface area contributed by atoms with E-state index in [2.05, 4.69) is 32.9 Å². The van der Waals surface area contributed by atoms with Gasteiger partial charge in [-0.25, -0.2) is 4.79 Å². The van der Waals surface area contributed by atoms with Crippen molar-refractivity contribution >= 4 is 5.97 Å². The molecule has 0 saturated carbocycles. The largest absolute Gasteiger partial charge is 0.499 e. The molecule has 0 aromatic heterocycles. The number of esters is 1. The molecule has 6 nitrogen and oxygen atoms in total. The zero-order valence-electron chi connectivity index (χ0n) is 16.7. The van der Waals surface area contributed by atoms with Crippen molar-refractivity contribution in [1.29, 1.82) is 0 Å². The van der Waals surface area contributed by atoms with Crippen molar-refractivity contribution in [2.45, 2.75) is 65.6 Å². The zero-order valence-corrected chi connectivity index (χ0v) is 16.7. The van der Waals surface area contributed by atoms with Gasteiger partial charge in [-0.3, -0.25) is 0 Å². The monoisotopic (exact) mass is 380 g/mol. The molecule has 3 N–H and O–H groups in total. The Morgan fingerprint density at radius 3 is 2.30 bits per heavy atom. The van der Waals surface area contributed by atoms with E-state index in [1.807, 2.05) is 13.0 Å². The quantitative estimate of drug-likeness (QED) is 0.375. The molecule has 0 aliphatic carbocycles. The molecule has 0 saturated heterocycles. The molecule has 0 bridgehead atoms. The summed E-state index contributed by atoms with van der Waals surface area (Å²) in [4.78, 5) is 11.4. The van der Waals surface area contributed by atoms with Gasteiger partial charge in [-0.15, -0.1) is 0 Å². The van der Waals surface area contributed by atoms with Crippen LogP contribution in [0.1, 0.15) is 53.4 Å². The fourth-order valence-electron chi connectivity index (χ4n) is 2.57. The highest BCUT2D eigenvalue weighted by molar-refractivity contribution is 5.89. The summed E-state index contributed by atoms with van der Waals surface area (Å²) in [5.74, 6) is -1.76. The van der Waals surface area contributed by atoms with Gasteiger partial charge in [0.2, 0.25) is 5.76 Å². The van der Waals surface area contributed by atoms with Crippen molar-refractivity contribution in [3.05, 3.63) is 46.5 Å². The molecule has 0 aromatic rings. The molecule has 0 amide bonds. The van der Waals surface area contributed by atoms with E-state index in [0.717, 1.165) is 31.3 Å². The summed E-state index contributed by atoms with van der Waals surface area (Å²) in [5, 5.41) is 28.4. The Bertz CT molecular complexity index is 623. The van der Waals surface area contributed by atoms with Crippen LogP contribution >= 0.6 is 0 Å². The first-order valence-corrected chi connectivity index (χ1v) is 9.26. The van der Waals surface area contributed by atoms with E-state index in [4.69, 9.17) is 14.6 Å². The Morgan fingerprint density at radius 2 is 1.70 bits per heavy atom. The molecule has 6 heteroatoms. The Balaban J connectivity index is 2.46. The highest BCUT2D eigenvalue weighted by Gasteiger charge is 2.40. The highest BCUT2D eigenvalue weighted by Crippen LogP contribution is 2.25. The SMILES string of the molecule is CC(C)=CCCC(C)=CCCC(C)=CCOC1=C(O)C(=O)O[C@@H]1[C@@H](O)CO. The molecule has 0 fully saturated rings. The maximum Gasteiger partial charge on any atom is 0.378 e. The number of carbonyl (C=O) groups excluding carboxylic acids is 1. The molecule has 0 spiro atoms. The van der Waals surface area contributed by atoms with Gasteiger partial charge in [0.15, 0.2) is 11.9 Å². The molecule has 0 aromatic carbocycles. The molecule has 1 aliphatic heterocycles. The van der Waals surface area contributed by atoms with Crippen LogP contribution in [0.25, 0.3) is 0 Å². The van der Waals surface area contributed by atoms with E-state index in [1.165, 1.54) is 11.1 Å². The maximum atomic E-state index is 11.4. The van der Waals surface area contributed by atoms with E-state index < -0.39 is 30.5 Å². The Labute approximate surface area is 161 Å². The molecular formula is C21H32O6. The van der Waals surface area contributed by atoms with Gasteiger partial charge in [0.1, 0.15) is 12.7 Å². The average molecular weight is 380 g/mol. The summed E-state index contributed by atoms with van der Waals surface area (Å²) < 4.78 is 10.2. The molecular weight excluding hydrogens is 348 g/mol. The average Bonchev–Trinajstić information content (AvgIpc) is 2.89. The number of allylic oxidation sites excluding steroid dienone is 5. The summed E-state index contributed by atoms with van der Waals surface area (Å²) in [6, 6.07) is 0. The number of hydrogen-bond acceptors (Lipinski definition) is 6. The predicted molar refractivity (Wildman–Crippen MR) is 104 cm³/mol. The second-order valence-corrected chi connectivity index (χ2v) is 7.06. The number of carbonyl (C=O) groups is 1. The maximum absolute atomic E-state index is 11.4. The smallest absolute Gasteiger partial charge is 0.378 e. The molecule has 2 atom stereocenters. The number of hydrogen-bond donors (Lipinski definition) is 3. The lowest BCUT2D eigenvalue weighted by atomic mass is 10.1. The van der Waals surface area contributed by atoms with E-state index in [0.29, 0.717) is 0 Å². The van der Waals surface area contributed by atoms with E-state index >= 15 is 0 Å². The molecule has 152 valence electrons. The summed E-state index contributed by atoms with van der Waals surface area (Å²) in [6.07, 6.45) is 7.76. The highest BCUT2D eigenvalue weighted by atomic mass is 16.6. The second-order valence-electron chi connectivity index (χ2n) is 7.06. The minimum absolute atomic E-state index is 0.138. The van der Waals surface area contributed by atoms with Gasteiger partial charge < -0.3 is 24.8 Å². The fourth-order valence-corrected chi connectivity index (χ4v) is 2.57. The minimum Gasteiger partial charge on any atom is -0.499 e. The lowest BCUT2D eigenvalue weighted by Crippen LogP contribution is -2.32. The molecule has 27 heavy (non-hydrogen) atoms. The molecule has 1 heterocycles. The number of rotatable bonds is 11. The zero-order chi connectivity index (χ0) is 20.4. The van der Waals surface area contributed by atoms with E-state index in [-0.39, 0.29) is 12.4 Å². The van der Waals surface area contributed by atoms with Gasteiger partial charge in [0.05, 0.1) is 6.61 Å². The minimum atomic E-state index is -1.34. The predicted octanol–water partition coefficient (Wildman–Crippen LogP) is 3.47. The van der Waals surface area contributed by atoms with Crippen LogP contribution in [0.4, 0.5) is 0 Å². The Kier molecular flexibility index (Phi) is 9.89. The topological polar surface area (TPSA) is 96.2 Å². The fraction of sp³-hybridized carbons (Fsp3) is 0.571. The summed E-state index contributed by atoms with van der Waals surface area (Å²) in [6.45, 7) is 7.86. The van der Waals surface area contributed by atoms with Crippen molar-refractivity contribution in [1.82, 2.24) is 0 Å². The third-order valence-electron chi connectivity index (χ3n) is 4.25. The van der Waals surface area contributed by atoms with Crippen LogP contribution in [0, 0.1) is 0 Å². The van der Waals surface area contributed by atoms with Gasteiger partial charge in [0, 0.05) is 0 Å². The summed E-state index contributed by atoms with van der Waals surface area (Å²) >= 11 is 0. The first-order chi connectivity index (χ1) is 12.8. The van der Waals surface area contributed by atoms with Crippen LogP contribution in [-0.4, -0.2) is 46.7 Å². The number of aliphatic hydroxyl groups is 3. The first kappa shape index (κ1) is 23.0. The summed E-state index contributed by atoms with van der Waals surface area (Å²) in [7, 11) is 0. The standard InChI is InChI=1S/C21H32O6/c1-14(2)7-5-8-15(3)9-6-10-16(4)11-12-26-20-18(24)21(25)27-19(20)17(23)13-22/h7,9,11,17,19,22-24H,5-6,8,10,12-13H2,1-4H3/t17-,19+/m0/s1. The Morgan fingerprint density at radius 1 is 1.11 bits per heavy atom. The first-order valence-electron chi connectivity index (χ1n) is 9.26. The Hall–Kier alpha value is -2.05.